The highest BCUT2D eigenvalue weighted by Crippen LogP contribution is 2.07. The third kappa shape index (κ3) is 7.67. The summed E-state index contributed by atoms with van der Waals surface area (Å²) in [5.74, 6) is 0. The number of hydrogen-bond donors (Lipinski definition) is 0. The van der Waals surface area contributed by atoms with Gasteiger partial charge in [-0.3, -0.25) is 0 Å². The Balaban J connectivity index is 2.83. The lowest BCUT2D eigenvalue weighted by atomic mass is 10.1. The number of unbranched alkanes of at least 4 members (excludes halogenated alkanes) is 3. The van der Waals surface area contributed by atoms with Crippen LogP contribution in [0.1, 0.15) is 39.0 Å². The highest BCUT2D eigenvalue weighted by Gasteiger charge is 1.95. The predicted molar refractivity (Wildman–Crippen MR) is 43.9 cm³/mol. The quantitative estimate of drug-likeness (QED) is 0.395. The Kier molecular flexibility index (Phi) is 6.56. The molecule has 0 aromatic carbocycles. The monoisotopic (exact) mass is 144 g/mol. The van der Waals surface area contributed by atoms with Crippen molar-refractivity contribution in [3.63, 3.8) is 0 Å². The number of halogens is 1. The molecule has 0 amide bonds. The topological polar surface area (TPSA) is 0 Å². The van der Waals surface area contributed by atoms with E-state index in [1.807, 2.05) is 6.08 Å². The van der Waals surface area contributed by atoms with Crippen molar-refractivity contribution in [2.75, 3.05) is 0 Å². The molecule has 0 fully saturated rings. The molecule has 10 heavy (non-hydrogen) atoms. The van der Waals surface area contributed by atoms with Crippen LogP contribution in [0, 0.1) is 0 Å². The third-order valence-corrected chi connectivity index (χ3v) is 1.51. The number of alkyl halides is 1. The molecule has 0 nitrogen and oxygen atoms in total. The minimum Gasteiger partial charge on any atom is -0.248 e. The van der Waals surface area contributed by atoms with Gasteiger partial charge in [-0.15, -0.1) is 6.58 Å². The van der Waals surface area contributed by atoms with Crippen LogP contribution < -0.4 is 0 Å². The minimum atomic E-state index is -0.622. The second-order valence-corrected chi connectivity index (χ2v) is 2.71. The van der Waals surface area contributed by atoms with Gasteiger partial charge in [0.25, 0.3) is 0 Å². The van der Waals surface area contributed by atoms with E-state index in [4.69, 9.17) is 0 Å². The van der Waals surface area contributed by atoms with Gasteiger partial charge in [0, 0.05) is 0 Å². The van der Waals surface area contributed by atoms with Crippen molar-refractivity contribution in [2.24, 2.45) is 0 Å². The lowest BCUT2D eigenvalue weighted by Gasteiger charge is -1.99. The fourth-order valence-corrected chi connectivity index (χ4v) is 0.891. The molecule has 0 saturated heterocycles. The van der Waals surface area contributed by atoms with E-state index in [1.165, 1.54) is 0 Å². The van der Waals surface area contributed by atoms with Crippen LogP contribution in [0.15, 0.2) is 12.7 Å². The van der Waals surface area contributed by atoms with E-state index in [1.54, 1.807) is 6.92 Å². The molecule has 1 unspecified atom stereocenters. The summed E-state index contributed by atoms with van der Waals surface area (Å²) in [6, 6.07) is 0. The highest BCUT2D eigenvalue weighted by molar-refractivity contribution is 4.65. The summed E-state index contributed by atoms with van der Waals surface area (Å²) in [5, 5.41) is 0. The van der Waals surface area contributed by atoms with E-state index in [0.29, 0.717) is 0 Å². The Morgan fingerprint density at radius 3 is 2.60 bits per heavy atom. The lowest BCUT2D eigenvalue weighted by molar-refractivity contribution is 0.330. The molecule has 0 spiro atoms. The van der Waals surface area contributed by atoms with Crippen molar-refractivity contribution in [1.82, 2.24) is 0 Å². The molecule has 0 aromatic rings. The minimum absolute atomic E-state index is 0.622. The molecule has 1 heteroatoms. The van der Waals surface area contributed by atoms with Crippen LogP contribution in [0.3, 0.4) is 0 Å². The average Bonchev–Trinajstić information content (AvgIpc) is 1.87. The Bertz CT molecular complexity index is 76.8. The third-order valence-electron chi connectivity index (χ3n) is 1.51. The number of rotatable bonds is 6. The molecule has 0 heterocycles. The molecule has 0 rings (SSSR count). The van der Waals surface area contributed by atoms with E-state index in [2.05, 4.69) is 6.58 Å². The Labute approximate surface area is 63.1 Å². The first-order valence-corrected chi connectivity index (χ1v) is 4.02. The van der Waals surface area contributed by atoms with E-state index >= 15 is 0 Å². The van der Waals surface area contributed by atoms with Gasteiger partial charge < -0.3 is 0 Å². The molecule has 0 radical (unpaired) electrons. The van der Waals surface area contributed by atoms with Gasteiger partial charge in [-0.1, -0.05) is 18.9 Å². The fraction of sp³-hybridized carbons (Fsp3) is 0.778. The van der Waals surface area contributed by atoms with Crippen molar-refractivity contribution in [1.29, 1.82) is 0 Å². The zero-order valence-electron chi connectivity index (χ0n) is 6.78. The van der Waals surface area contributed by atoms with Crippen LogP contribution in [0.2, 0.25) is 0 Å². The van der Waals surface area contributed by atoms with E-state index in [0.717, 1.165) is 32.1 Å². The summed E-state index contributed by atoms with van der Waals surface area (Å²) >= 11 is 0. The summed E-state index contributed by atoms with van der Waals surface area (Å²) in [6.45, 7) is 5.24. The molecular formula is C9H17F. The Hall–Kier alpha value is -0.330. The summed E-state index contributed by atoms with van der Waals surface area (Å²) in [7, 11) is 0. The second-order valence-electron chi connectivity index (χ2n) is 2.71. The first-order chi connectivity index (χ1) is 4.77. The Morgan fingerprint density at radius 2 is 2.10 bits per heavy atom. The van der Waals surface area contributed by atoms with Crippen molar-refractivity contribution in [3.05, 3.63) is 12.7 Å². The maximum atomic E-state index is 12.2. The number of hydrogen-bond acceptors (Lipinski definition) is 0. The molecule has 0 aliphatic carbocycles. The van der Waals surface area contributed by atoms with Crippen LogP contribution >= 0.6 is 0 Å². The second kappa shape index (κ2) is 6.79. The maximum absolute atomic E-state index is 12.2. The summed E-state index contributed by atoms with van der Waals surface area (Å²) in [6.07, 6.45) is 6.40. The van der Waals surface area contributed by atoms with E-state index < -0.39 is 6.17 Å². The molecule has 60 valence electrons. The van der Waals surface area contributed by atoms with E-state index in [9.17, 15) is 4.39 Å². The molecule has 0 aliphatic heterocycles. The first kappa shape index (κ1) is 9.67. The van der Waals surface area contributed by atoms with E-state index in [-0.39, 0.29) is 0 Å². The van der Waals surface area contributed by atoms with Gasteiger partial charge in [0.05, 0.1) is 6.17 Å². The van der Waals surface area contributed by atoms with Gasteiger partial charge >= 0.3 is 0 Å². The van der Waals surface area contributed by atoms with Crippen LogP contribution in [0.4, 0.5) is 4.39 Å². The van der Waals surface area contributed by atoms with Gasteiger partial charge in [0.1, 0.15) is 0 Å². The zero-order valence-corrected chi connectivity index (χ0v) is 6.78. The first-order valence-electron chi connectivity index (χ1n) is 4.02. The fourth-order valence-electron chi connectivity index (χ4n) is 0.891. The average molecular weight is 144 g/mol. The van der Waals surface area contributed by atoms with Crippen LogP contribution in [-0.4, -0.2) is 6.17 Å². The normalized spacial score (nSPS) is 13.0. The van der Waals surface area contributed by atoms with Crippen LogP contribution in [0.25, 0.3) is 0 Å². The number of allylic oxidation sites excluding steroid dienone is 1. The van der Waals surface area contributed by atoms with Gasteiger partial charge in [0.15, 0.2) is 0 Å². The smallest absolute Gasteiger partial charge is 0.0973 e. The van der Waals surface area contributed by atoms with Crippen molar-refractivity contribution in [2.45, 2.75) is 45.2 Å². The standard InChI is InChI=1S/C9H17F/c1-3-4-5-6-7-8-9(2)10/h3,9H,1,4-8H2,2H3. The highest BCUT2D eigenvalue weighted by atomic mass is 19.1. The molecule has 0 N–H and O–H groups in total. The van der Waals surface area contributed by atoms with Gasteiger partial charge in [-0.05, 0) is 26.2 Å². The van der Waals surface area contributed by atoms with Crippen LogP contribution in [0.5, 0.6) is 0 Å². The molecule has 0 aliphatic rings. The van der Waals surface area contributed by atoms with Crippen molar-refractivity contribution >= 4 is 0 Å². The molecule has 0 saturated carbocycles. The summed E-state index contributed by atoms with van der Waals surface area (Å²) < 4.78 is 12.2. The van der Waals surface area contributed by atoms with Gasteiger partial charge in [0.2, 0.25) is 0 Å². The van der Waals surface area contributed by atoms with Crippen molar-refractivity contribution < 1.29 is 4.39 Å². The zero-order chi connectivity index (χ0) is 7.82. The molecular weight excluding hydrogens is 127 g/mol. The largest absolute Gasteiger partial charge is 0.248 e. The lowest BCUT2D eigenvalue weighted by Crippen LogP contribution is -1.90. The maximum Gasteiger partial charge on any atom is 0.0973 e. The SMILES string of the molecule is C=CCCCCCC(C)F. The molecule has 0 bridgehead atoms. The van der Waals surface area contributed by atoms with Crippen LogP contribution in [-0.2, 0) is 0 Å². The predicted octanol–water partition coefficient (Wildman–Crippen LogP) is 3.48. The summed E-state index contributed by atoms with van der Waals surface area (Å²) in [5.41, 5.74) is 0. The van der Waals surface area contributed by atoms with Gasteiger partial charge in [-0.2, -0.15) is 0 Å². The summed E-state index contributed by atoms with van der Waals surface area (Å²) in [4.78, 5) is 0. The van der Waals surface area contributed by atoms with Gasteiger partial charge in [-0.25, -0.2) is 4.39 Å². The molecule has 0 aromatic heterocycles. The Morgan fingerprint density at radius 1 is 1.40 bits per heavy atom. The van der Waals surface area contributed by atoms with Crippen molar-refractivity contribution in [3.8, 4) is 0 Å². The molecule has 1 atom stereocenters.